The molecule has 1 N–H and O–H groups in total. The Hall–Kier alpha value is -2.89. The van der Waals surface area contributed by atoms with Crippen molar-refractivity contribution in [2.75, 3.05) is 6.54 Å². The van der Waals surface area contributed by atoms with Gasteiger partial charge in [-0.3, -0.25) is 14.5 Å². The maximum absolute atomic E-state index is 13.0. The Kier molecular flexibility index (Phi) is 4.22. The molecule has 1 atom stereocenters. The van der Waals surface area contributed by atoms with Crippen molar-refractivity contribution >= 4 is 28.7 Å². The summed E-state index contributed by atoms with van der Waals surface area (Å²) in [7, 11) is 0. The van der Waals surface area contributed by atoms with E-state index in [1.54, 1.807) is 27.7 Å². The summed E-state index contributed by atoms with van der Waals surface area (Å²) in [6.07, 6.45) is 0. The van der Waals surface area contributed by atoms with E-state index in [-0.39, 0.29) is 0 Å². The molecule has 1 aliphatic heterocycles. The second kappa shape index (κ2) is 6.12. The highest BCUT2D eigenvalue weighted by atomic mass is 16.6. The smallest absolute Gasteiger partial charge is 0.326 e. The molecular weight excluding hydrogens is 332 g/mol. The Morgan fingerprint density at radius 1 is 1.12 bits per heavy atom. The van der Waals surface area contributed by atoms with Crippen molar-refractivity contribution in [1.29, 1.82) is 0 Å². The number of amides is 3. The van der Waals surface area contributed by atoms with Gasteiger partial charge in [0.1, 0.15) is 17.7 Å². The fourth-order valence-electron chi connectivity index (χ4n) is 3.19. The molecule has 6 heteroatoms. The van der Waals surface area contributed by atoms with Gasteiger partial charge >= 0.3 is 12.0 Å². The van der Waals surface area contributed by atoms with Crippen LogP contribution in [0.2, 0.25) is 0 Å². The van der Waals surface area contributed by atoms with Crippen LogP contribution in [0.3, 0.4) is 0 Å². The van der Waals surface area contributed by atoms with E-state index < -0.39 is 35.6 Å². The Morgan fingerprint density at radius 3 is 2.46 bits per heavy atom. The van der Waals surface area contributed by atoms with Crippen LogP contribution in [0.25, 0.3) is 10.8 Å². The zero-order valence-corrected chi connectivity index (χ0v) is 15.3. The Labute approximate surface area is 152 Å². The number of nitrogens with one attached hydrogen (secondary N) is 1. The molecule has 1 heterocycles. The molecule has 1 aliphatic rings. The molecule has 0 saturated carbocycles. The minimum atomic E-state index is -1.24. The van der Waals surface area contributed by atoms with Crippen LogP contribution in [0, 0.1) is 0 Å². The van der Waals surface area contributed by atoms with Crippen LogP contribution >= 0.6 is 0 Å². The summed E-state index contributed by atoms with van der Waals surface area (Å²) in [6.45, 7) is 6.44. The zero-order chi connectivity index (χ0) is 19.1. The molecule has 1 unspecified atom stereocenters. The Bertz CT molecular complexity index is 895. The third-order valence-electron chi connectivity index (χ3n) is 4.31. The number of urea groups is 1. The fourth-order valence-corrected chi connectivity index (χ4v) is 3.19. The number of esters is 1. The number of nitrogens with zero attached hydrogens (tertiary/aromatic N) is 1. The summed E-state index contributed by atoms with van der Waals surface area (Å²) in [4.78, 5) is 38.4. The lowest BCUT2D eigenvalue weighted by atomic mass is 9.88. The Morgan fingerprint density at radius 2 is 1.77 bits per heavy atom. The molecule has 0 aromatic heterocycles. The van der Waals surface area contributed by atoms with E-state index in [0.717, 1.165) is 15.7 Å². The normalized spacial score (nSPS) is 20.4. The van der Waals surface area contributed by atoms with Gasteiger partial charge in [-0.1, -0.05) is 42.5 Å². The summed E-state index contributed by atoms with van der Waals surface area (Å²) in [6, 6.07) is 12.7. The maximum Gasteiger partial charge on any atom is 0.326 e. The number of hydrogen-bond donors (Lipinski definition) is 1. The predicted octanol–water partition coefficient (Wildman–Crippen LogP) is 2.95. The molecule has 2 aromatic rings. The van der Waals surface area contributed by atoms with E-state index in [1.807, 2.05) is 42.5 Å². The van der Waals surface area contributed by atoms with Gasteiger partial charge in [-0.05, 0) is 44.0 Å². The monoisotopic (exact) mass is 354 g/mol. The highest BCUT2D eigenvalue weighted by Gasteiger charge is 2.50. The molecule has 3 rings (SSSR count). The maximum atomic E-state index is 13.0. The third kappa shape index (κ3) is 3.14. The van der Waals surface area contributed by atoms with E-state index in [9.17, 15) is 14.4 Å². The molecule has 6 nitrogen and oxygen atoms in total. The lowest BCUT2D eigenvalue weighted by molar-refractivity contribution is -0.157. The van der Waals surface area contributed by atoms with Crippen molar-refractivity contribution in [1.82, 2.24) is 10.2 Å². The predicted molar refractivity (Wildman–Crippen MR) is 97.4 cm³/mol. The first kappa shape index (κ1) is 17.9. The second-order valence-corrected chi connectivity index (χ2v) is 7.56. The van der Waals surface area contributed by atoms with E-state index in [0.29, 0.717) is 5.56 Å². The van der Waals surface area contributed by atoms with E-state index in [4.69, 9.17) is 4.74 Å². The third-order valence-corrected chi connectivity index (χ3v) is 4.31. The topological polar surface area (TPSA) is 75.7 Å². The van der Waals surface area contributed by atoms with Gasteiger partial charge in [-0.25, -0.2) is 4.79 Å². The van der Waals surface area contributed by atoms with E-state index >= 15 is 0 Å². The van der Waals surface area contributed by atoms with Crippen molar-refractivity contribution in [3.05, 3.63) is 48.0 Å². The molecule has 26 heavy (non-hydrogen) atoms. The molecule has 136 valence electrons. The Balaban J connectivity index is 1.93. The summed E-state index contributed by atoms with van der Waals surface area (Å²) < 4.78 is 5.23. The molecule has 1 fully saturated rings. The van der Waals surface area contributed by atoms with Gasteiger partial charge in [-0.15, -0.1) is 0 Å². The largest absolute Gasteiger partial charge is 0.459 e. The van der Waals surface area contributed by atoms with Crippen LogP contribution in [0.5, 0.6) is 0 Å². The quantitative estimate of drug-likeness (QED) is 0.679. The summed E-state index contributed by atoms with van der Waals surface area (Å²) >= 11 is 0. The lowest BCUT2D eigenvalue weighted by Gasteiger charge is -2.24. The van der Waals surface area contributed by atoms with Crippen LogP contribution in [0.1, 0.15) is 33.3 Å². The van der Waals surface area contributed by atoms with Crippen LogP contribution in [-0.4, -0.2) is 35.0 Å². The van der Waals surface area contributed by atoms with Crippen molar-refractivity contribution in [3.8, 4) is 0 Å². The van der Waals surface area contributed by atoms with Gasteiger partial charge in [-0.2, -0.15) is 0 Å². The minimum Gasteiger partial charge on any atom is -0.459 e. The number of benzene rings is 2. The molecule has 0 bridgehead atoms. The number of hydrogen-bond acceptors (Lipinski definition) is 4. The number of rotatable bonds is 3. The van der Waals surface area contributed by atoms with Gasteiger partial charge in [0, 0.05) is 0 Å². The molecule has 1 saturated heterocycles. The van der Waals surface area contributed by atoms with Gasteiger partial charge in [0.15, 0.2) is 0 Å². The summed E-state index contributed by atoms with van der Waals surface area (Å²) in [5, 5.41) is 4.59. The first-order valence-electron chi connectivity index (χ1n) is 8.46. The first-order valence-corrected chi connectivity index (χ1v) is 8.46. The molecule has 0 radical (unpaired) electrons. The standard InChI is InChI=1S/C20H22N2O4/c1-19(2,3)26-16(23)12-22-17(24)20(4,21-18(22)25)15-11-7-9-13-8-5-6-10-14(13)15/h5-11H,12H2,1-4H3,(H,21,25). The summed E-state index contributed by atoms with van der Waals surface area (Å²) in [5.41, 5.74) is -1.23. The fraction of sp³-hybridized carbons (Fsp3) is 0.350. The number of carbonyl (C=O) groups excluding carboxylic acids is 3. The minimum absolute atomic E-state index is 0.414. The number of imide groups is 1. The van der Waals surface area contributed by atoms with E-state index in [1.165, 1.54) is 0 Å². The molecule has 0 spiro atoms. The van der Waals surface area contributed by atoms with Crippen LogP contribution in [-0.2, 0) is 19.9 Å². The summed E-state index contributed by atoms with van der Waals surface area (Å²) in [5.74, 6) is -1.09. The number of ether oxygens (including phenoxy) is 1. The van der Waals surface area contributed by atoms with Crippen LogP contribution in [0.4, 0.5) is 4.79 Å². The first-order chi connectivity index (χ1) is 12.1. The van der Waals surface area contributed by atoms with Gasteiger partial charge < -0.3 is 10.1 Å². The van der Waals surface area contributed by atoms with Gasteiger partial charge in [0.25, 0.3) is 5.91 Å². The number of carbonyl (C=O) groups is 3. The molecule has 2 aromatic carbocycles. The van der Waals surface area contributed by atoms with Gasteiger partial charge in [0.2, 0.25) is 0 Å². The van der Waals surface area contributed by atoms with Crippen molar-refractivity contribution in [3.63, 3.8) is 0 Å². The molecule has 0 aliphatic carbocycles. The zero-order valence-electron chi connectivity index (χ0n) is 15.3. The average Bonchev–Trinajstić information content (AvgIpc) is 2.77. The average molecular weight is 354 g/mol. The van der Waals surface area contributed by atoms with E-state index in [2.05, 4.69) is 5.32 Å². The van der Waals surface area contributed by atoms with Gasteiger partial charge in [0.05, 0.1) is 0 Å². The number of fused-ring (bicyclic) bond motifs is 1. The highest BCUT2D eigenvalue weighted by Crippen LogP contribution is 2.33. The van der Waals surface area contributed by atoms with Crippen molar-refractivity contribution in [2.24, 2.45) is 0 Å². The molecule has 3 amide bonds. The molecular formula is C20H22N2O4. The highest BCUT2D eigenvalue weighted by molar-refractivity contribution is 6.10. The SMILES string of the molecule is CC(C)(C)OC(=O)CN1C(=O)NC(C)(c2cccc3ccccc23)C1=O. The second-order valence-electron chi connectivity index (χ2n) is 7.56. The van der Waals surface area contributed by atoms with Crippen LogP contribution in [0.15, 0.2) is 42.5 Å². The van der Waals surface area contributed by atoms with Crippen molar-refractivity contribution in [2.45, 2.75) is 38.8 Å². The van der Waals surface area contributed by atoms with Crippen LogP contribution < -0.4 is 5.32 Å². The van der Waals surface area contributed by atoms with Crippen molar-refractivity contribution < 1.29 is 19.1 Å². The lowest BCUT2D eigenvalue weighted by Crippen LogP contribution is -2.42.